The number of hydrogen-bond acceptors (Lipinski definition) is 3. The van der Waals surface area contributed by atoms with Crippen LogP contribution in [0.4, 0.5) is 0 Å². The largest absolute Gasteiger partial charge is 0.329 e. The van der Waals surface area contributed by atoms with Crippen molar-refractivity contribution >= 4 is 0 Å². The van der Waals surface area contributed by atoms with Crippen LogP contribution in [0.5, 0.6) is 0 Å². The van der Waals surface area contributed by atoms with Crippen molar-refractivity contribution in [1.82, 2.24) is 9.80 Å². The van der Waals surface area contributed by atoms with E-state index in [1.807, 2.05) is 0 Å². The van der Waals surface area contributed by atoms with Gasteiger partial charge in [-0.25, -0.2) is 0 Å². The molecule has 2 rings (SSSR count). The van der Waals surface area contributed by atoms with E-state index >= 15 is 0 Å². The molecule has 19 heavy (non-hydrogen) atoms. The second kappa shape index (κ2) is 6.55. The number of likely N-dealkylation sites (tertiary alicyclic amines) is 1. The van der Waals surface area contributed by atoms with Gasteiger partial charge in [0.15, 0.2) is 0 Å². The van der Waals surface area contributed by atoms with Gasteiger partial charge in [-0.2, -0.15) is 0 Å². The van der Waals surface area contributed by atoms with Crippen LogP contribution in [-0.2, 0) is 0 Å². The van der Waals surface area contributed by atoms with Crippen LogP contribution in [0.3, 0.4) is 0 Å². The predicted molar refractivity (Wildman–Crippen MR) is 82.3 cm³/mol. The Morgan fingerprint density at radius 1 is 1.21 bits per heavy atom. The number of hydrogen-bond donors (Lipinski definition) is 1. The molecule has 0 aromatic rings. The van der Waals surface area contributed by atoms with Crippen LogP contribution in [-0.4, -0.2) is 55.1 Å². The molecule has 0 radical (unpaired) electrons. The van der Waals surface area contributed by atoms with E-state index in [0.29, 0.717) is 5.54 Å². The van der Waals surface area contributed by atoms with E-state index in [-0.39, 0.29) is 0 Å². The normalized spacial score (nSPS) is 37.7. The molecule has 2 fully saturated rings. The third-order valence-corrected chi connectivity index (χ3v) is 5.79. The van der Waals surface area contributed by atoms with E-state index in [1.54, 1.807) is 0 Å². The molecule has 0 bridgehead atoms. The molecule has 0 aromatic carbocycles. The number of piperidine rings is 1. The van der Waals surface area contributed by atoms with Crippen molar-refractivity contribution in [3.63, 3.8) is 0 Å². The van der Waals surface area contributed by atoms with Crippen molar-refractivity contribution in [2.75, 3.05) is 33.7 Å². The van der Waals surface area contributed by atoms with Crippen molar-refractivity contribution in [1.29, 1.82) is 0 Å². The van der Waals surface area contributed by atoms with Gasteiger partial charge in [-0.1, -0.05) is 13.3 Å². The summed E-state index contributed by atoms with van der Waals surface area (Å²) in [5.41, 5.74) is 6.54. The van der Waals surface area contributed by atoms with Gasteiger partial charge in [0.2, 0.25) is 0 Å². The zero-order valence-electron chi connectivity index (χ0n) is 13.2. The molecular formula is C16H33N3. The van der Waals surface area contributed by atoms with E-state index in [0.717, 1.165) is 18.5 Å². The summed E-state index contributed by atoms with van der Waals surface area (Å²) < 4.78 is 0. The van der Waals surface area contributed by atoms with Gasteiger partial charge in [-0.3, -0.25) is 4.90 Å². The first kappa shape index (κ1) is 15.3. The third kappa shape index (κ3) is 3.32. The Balaban J connectivity index is 2.00. The number of nitrogens with zero attached hydrogens (tertiary/aromatic N) is 2. The van der Waals surface area contributed by atoms with Crippen LogP contribution in [0.2, 0.25) is 0 Å². The Morgan fingerprint density at radius 2 is 1.89 bits per heavy atom. The lowest BCUT2D eigenvalue weighted by atomic mass is 9.74. The van der Waals surface area contributed by atoms with Gasteiger partial charge in [0.05, 0.1) is 0 Å². The highest BCUT2D eigenvalue weighted by atomic mass is 15.3. The zero-order valence-corrected chi connectivity index (χ0v) is 13.2. The summed E-state index contributed by atoms with van der Waals surface area (Å²) in [6, 6.07) is 0.723. The molecule has 0 amide bonds. The Kier molecular flexibility index (Phi) is 5.27. The molecule has 3 heteroatoms. The van der Waals surface area contributed by atoms with Crippen molar-refractivity contribution < 1.29 is 0 Å². The Labute approximate surface area is 119 Å². The number of rotatable bonds is 4. The second-order valence-corrected chi connectivity index (χ2v) is 6.99. The molecule has 1 unspecified atom stereocenters. The smallest absolute Gasteiger partial charge is 0.0332 e. The standard InChI is InChI=1S/C16H33N3/c1-4-14-7-9-16(13-17,10-8-14)19-11-5-6-15(12-19)18(2)3/h14-15H,4-13,17H2,1-3H3. The average Bonchev–Trinajstić information content (AvgIpc) is 2.47. The Bertz CT molecular complexity index is 269. The second-order valence-electron chi connectivity index (χ2n) is 6.99. The van der Waals surface area contributed by atoms with Crippen LogP contribution in [0.25, 0.3) is 0 Å². The zero-order chi connectivity index (χ0) is 13.9. The summed E-state index contributed by atoms with van der Waals surface area (Å²) in [6.07, 6.45) is 9.45. The lowest BCUT2D eigenvalue weighted by Gasteiger charge is -2.51. The van der Waals surface area contributed by atoms with E-state index < -0.39 is 0 Å². The summed E-state index contributed by atoms with van der Waals surface area (Å²) in [5.74, 6) is 0.953. The van der Waals surface area contributed by atoms with Gasteiger partial charge < -0.3 is 10.6 Å². The highest BCUT2D eigenvalue weighted by molar-refractivity contribution is 4.98. The third-order valence-electron chi connectivity index (χ3n) is 5.79. The minimum absolute atomic E-state index is 0.320. The van der Waals surface area contributed by atoms with E-state index in [4.69, 9.17) is 5.73 Å². The van der Waals surface area contributed by atoms with Crippen LogP contribution in [0.1, 0.15) is 51.9 Å². The summed E-state index contributed by atoms with van der Waals surface area (Å²) in [5, 5.41) is 0. The first-order valence-corrected chi connectivity index (χ1v) is 8.23. The van der Waals surface area contributed by atoms with Crippen molar-refractivity contribution in [2.24, 2.45) is 11.7 Å². The monoisotopic (exact) mass is 267 g/mol. The summed E-state index contributed by atoms with van der Waals surface area (Å²) in [7, 11) is 4.44. The van der Waals surface area contributed by atoms with Gasteiger partial charge in [0.25, 0.3) is 0 Å². The number of likely N-dealkylation sites (N-methyl/N-ethyl adjacent to an activating group) is 1. The molecule has 2 aliphatic rings. The summed E-state index contributed by atoms with van der Waals surface area (Å²) >= 11 is 0. The molecule has 1 saturated heterocycles. The molecule has 1 aliphatic carbocycles. The topological polar surface area (TPSA) is 32.5 Å². The van der Waals surface area contributed by atoms with Gasteiger partial charge in [-0.15, -0.1) is 0 Å². The maximum absolute atomic E-state index is 6.22. The van der Waals surface area contributed by atoms with Crippen LogP contribution in [0.15, 0.2) is 0 Å². The molecule has 3 nitrogen and oxygen atoms in total. The van der Waals surface area contributed by atoms with Gasteiger partial charge in [0.1, 0.15) is 0 Å². The van der Waals surface area contributed by atoms with E-state index in [9.17, 15) is 0 Å². The minimum atomic E-state index is 0.320. The van der Waals surface area contributed by atoms with Crippen molar-refractivity contribution in [3.05, 3.63) is 0 Å². The van der Waals surface area contributed by atoms with E-state index in [2.05, 4.69) is 30.8 Å². The highest BCUT2D eigenvalue weighted by Gasteiger charge is 2.40. The lowest BCUT2D eigenvalue weighted by molar-refractivity contribution is 0.00200. The molecule has 112 valence electrons. The number of nitrogens with two attached hydrogens (primary N) is 1. The SMILES string of the molecule is CCC1CCC(CN)(N2CCCC(N(C)C)C2)CC1. The molecule has 2 N–H and O–H groups in total. The molecule has 1 saturated carbocycles. The van der Waals surface area contributed by atoms with Gasteiger partial charge in [-0.05, 0) is 65.1 Å². The lowest BCUT2D eigenvalue weighted by Crippen LogP contribution is -2.60. The fraction of sp³-hybridized carbons (Fsp3) is 1.00. The first-order chi connectivity index (χ1) is 9.11. The fourth-order valence-corrected chi connectivity index (χ4v) is 4.08. The molecule has 0 aromatic heterocycles. The Morgan fingerprint density at radius 3 is 2.42 bits per heavy atom. The summed E-state index contributed by atoms with van der Waals surface area (Å²) in [6.45, 7) is 5.67. The summed E-state index contributed by atoms with van der Waals surface area (Å²) in [4.78, 5) is 5.14. The average molecular weight is 267 g/mol. The van der Waals surface area contributed by atoms with Crippen LogP contribution < -0.4 is 5.73 Å². The first-order valence-electron chi connectivity index (χ1n) is 8.23. The van der Waals surface area contributed by atoms with E-state index in [1.165, 1.54) is 58.0 Å². The maximum atomic E-state index is 6.22. The molecule has 1 heterocycles. The predicted octanol–water partition coefficient (Wildman–Crippen LogP) is 2.31. The van der Waals surface area contributed by atoms with Crippen LogP contribution in [0, 0.1) is 5.92 Å². The Hall–Kier alpha value is -0.120. The molecular weight excluding hydrogens is 234 g/mol. The minimum Gasteiger partial charge on any atom is -0.329 e. The molecule has 1 aliphatic heterocycles. The maximum Gasteiger partial charge on any atom is 0.0332 e. The van der Waals surface area contributed by atoms with Gasteiger partial charge >= 0.3 is 0 Å². The van der Waals surface area contributed by atoms with Crippen molar-refractivity contribution in [3.8, 4) is 0 Å². The molecule has 0 spiro atoms. The highest BCUT2D eigenvalue weighted by Crippen LogP contribution is 2.38. The van der Waals surface area contributed by atoms with Crippen molar-refractivity contribution in [2.45, 2.75) is 63.5 Å². The molecule has 1 atom stereocenters. The fourth-order valence-electron chi connectivity index (χ4n) is 4.08. The van der Waals surface area contributed by atoms with Gasteiger partial charge in [0, 0.05) is 24.7 Å². The quantitative estimate of drug-likeness (QED) is 0.848. The van der Waals surface area contributed by atoms with Crippen LogP contribution >= 0.6 is 0 Å².